The number of rotatable bonds is 3. The molecule has 0 N–H and O–H groups in total. The van der Waals surface area contributed by atoms with Gasteiger partial charge in [0, 0.05) is 5.75 Å². The highest BCUT2D eigenvalue weighted by Crippen LogP contribution is 2.19. The molecule has 0 unspecified atom stereocenters. The summed E-state index contributed by atoms with van der Waals surface area (Å²) in [5, 5.41) is -0.325. The maximum absolute atomic E-state index is 12.2. The van der Waals surface area contributed by atoms with Crippen LogP contribution in [0.1, 0.15) is 5.56 Å². The molecule has 0 aliphatic heterocycles. The zero-order valence-electron chi connectivity index (χ0n) is 6.09. The molecule has 2 heteroatoms. The fourth-order valence-electron chi connectivity index (χ4n) is 0.736. The molecule has 0 aromatic heterocycles. The number of thioether (sulfide) groups is 1. The van der Waals surface area contributed by atoms with Crippen LogP contribution in [0.15, 0.2) is 42.1 Å². The molecule has 0 bridgehead atoms. The first-order chi connectivity index (χ1) is 5.29. The Hall–Kier alpha value is -0.760. The third-order valence-corrected chi connectivity index (χ3v) is 2.03. The molecule has 0 nitrogen and oxygen atoms in total. The van der Waals surface area contributed by atoms with Crippen LogP contribution < -0.4 is 0 Å². The fraction of sp³-hybridized carbons (Fsp3) is 0.111. The monoisotopic (exact) mass is 168 g/mol. The summed E-state index contributed by atoms with van der Waals surface area (Å²) in [6, 6.07) is 9.76. The molecule has 1 aromatic carbocycles. The Kier molecular flexibility index (Phi) is 3.17. The highest BCUT2D eigenvalue weighted by Gasteiger charge is 1.93. The summed E-state index contributed by atoms with van der Waals surface area (Å²) in [7, 11) is 0. The minimum Gasteiger partial charge on any atom is -0.200 e. The fourth-order valence-corrected chi connectivity index (χ4v) is 1.25. The molecule has 0 saturated heterocycles. The SMILES string of the molecule is C=C(F)SCc1ccccc1. The Morgan fingerprint density at radius 2 is 2.00 bits per heavy atom. The smallest absolute Gasteiger partial charge is 0.149 e. The topological polar surface area (TPSA) is 0 Å². The van der Waals surface area contributed by atoms with Crippen LogP contribution in [0.25, 0.3) is 0 Å². The van der Waals surface area contributed by atoms with Gasteiger partial charge in [0.15, 0.2) is 0 Å². The second kappa shape index (κ2) is 4.19. The maximum atomic E-state index is 12.2. The molecule has 1 aromatic rings. The van der Waals surface area contributed by atoms with Crippen molar-refractivity contribution in [2.45, 2.75) is 5.75 Å². The van der Waals surface area contributed by atoms with E-state index in [-0.39, 0.29) is 5.16 Å². The Morgan fingerprint density at radius 3 is 2.55 bits per heavy atom. The average Bonchev–Trinajstić information content (AvgIpc) is 2.03. The Balaban J connectivity index is 2.45. The van der Waals surface area contributed by atoms with Crippen LogP contribution in [0, 0.1) is 0 Å². The van der Waals surface area contributed by atoms with Gasteiger partial charge in [0.1, 0.15) is 5.16 Å². The summed E-state index contributed by atoms with van der Waals surface area (Å²) in [5.41, 5.74) is 1.12. The predicted octanol–water partition coefficient (Wildman–Crippen LogP) is 3.36. The van der Waals surface area contributed by atoms with Gasteiger partial charge in [-0.15, -0.1) is 0 Å². The maximum Gasteiger partial charge on any atom is 0.149 e. The van der Waals surface area contributed by atoms with E-state index in [9.17, 15) is 4.39 Å². The predicted molar refractivity (Wildman–Crippen MR) is 48.0 cm³/mol. The van der Waals surface area contributed by atoms with E-state index >= 15 is 0 Å². The largest absolute Gasteiger partial charge is 0.200 e. The summed E-state index contributed by atoms with van der Waals surface area (Å²) in [6.07, 6.45) is 0. The number of halogens is 1. The van der Waals surface area contributed by atoms with Crippen molar-refractivity contribution >= 4 is 11.8 Å². The van der Waals surface area contributed by atoms with Crippen LogP contribution in [0.2, 0.25) is 0 Å². The van der Waals surface area contributed by atoms with E-state index in [1.165, 1.54) is 0 Å². The molecular formula is C9H9FS. The molecule has 0 radical (unpaired) electrons. The number of benzene rings is 1. The summed E-state index contributed by atoms with van der Waals surface area (Å²) in [6.45, 7) is 3.17. The number of hydrogen-bond acceptors (Lipinski definition) is 1. The second-order valence-electron chi connectivity index (χ2n) is 2.13. The van der Waals surface area contributed by atoms with E-state index in [1.807, 2.05) is 30.3 Å². The molecule has 0 amide bonds. The van der Waals surface area contributed by atoms with E-state index < -0.39 is 0 Å². The lowest BCUT2D eigenvalue weighted by molar-refractivity contribution is 0.703. The zero-order valence-corrected chi connectivity index (χ0v) is 6.90. The van der Waals surface area contributed by atoms with Gasteiger partial charge in [-0.25, -0.2) is 4.39 Å². The van der Waals surface area contributed by atoms with E-state index in [1.54, 1.807) is 0 Å². The molecule has 0 heterocycles. The van der Waals surface area contributed by atoms with Crippen molar-refractivity contribution in [1.29, 1.82) is 0 Å². The molecule has 0 saturated carbocycles. The molecule has 0 atom stereocenters. The lowest BCUT2D eigenvalue weighted by atomic mass is 10.2. The molecular weight excluding hydrogens is 159 g/mol. The number of hydrogen-bond donors (Lipinski definition) is 0. The summed E-state index contributed by atoms with van der Waals surface area (Å²) in [4.78, 5) is 0. The highest BCUT2D eigenvalue weighted by molar-refractivity contribution is 8.02. The Labute approximate surface area is 70.1 Å². The van der Waals surface area contributed by atoms with Gasteiger partial charge in [-0.1, -0.05) is 48.7 Å². The van der Waals surface area contributed by atoms with Crippen LogP contribution >= 0.6 is 11.8 Å². The molecule has 0 aliphatic rings. The third-order valence-electron chi connectivity index (χ3n) is 1.24. The first kappa shape index (κ1) is 8.34. The first-order valence-corrected chi connectivity index (χ1v) is 4.29. The molecule has 0 spiro atoms. The Morgan fingerprint density at radius 1 is 1.36 bits per heavy atom. The van der Waals surface area contributed by atoms with Gasteiger partial charge >= 0.3 is 0 Å². The van der Waals surface area contributed by atoms with Gasteiger partial charge < -0.3 is 0 Å². The lowest BCUT2D eigenvalue weighted by Gasteiger charge is -1.96. The van der Waals surface area contributed by atoms with Gasteiger partial charge in [0.2, 0.25) is 0 Å². The van der Waals surface area contributed by atoms with Gasteiger partial charge in [-0.3, -0.25) is 0 Å². The van der Waals surface area contributed by atoms with Crippen molar-refractivity contribution in [3.8, 4) is 0 Å². The standard InChI is InChI=1S/C9H9FS/c1-8(10)11-7-9-5-3-2-4-6-9/h2-6H,1,7H2. The lowest BCUT2D eigenvalue weighted by Crippen LogP contribution is -1.76. The van der Waals surface area contributed by atoms with E-state index in [2.05, 4.69) is 6.58 Å². The van der Waals surface area contributed by atoms with Crippen LogP contribution in [0.5, 0.6) is 0 Å². The van der Waals surface area contributed by atoms with Crippen LogP contribution in [-0.2, 0) is 5.75 Å². The van der Waals surface area contributed by atoms with Crippen molar-refractivity contribution in [2.24, 2.45) is 0 Å². The van der Waals surface area contributed by atoms with Crippen LogP contribution in [0.3, 0.4) is 0 Å². The van der Waals surface area contributed by atoms with Crippen molar-refractivity contribution in [2.75, 3.05) is 0 Å². The molecule has 1 rings (SSSR count). The van der Waals surface area contributed by atoms with E-state index in [0.29, 0.717) is 5.75 Å². The molecule has 0 aliphatic carbocycles. The molecule has 58 valence electrons. The minimum atomic E-state index is -0.325. The highest BCUT2D eigenvalue weighted by atomic mass is 32.2. The normalized spacial score (nSPS) is 9.55. The Bertz CT molecular complexity index is 231. The van der Waals surface area contributed by atoms with Gasteiger partial charge in [-0.2, -0.15) is 0 Å². The van der Waals surface area contributed by atoms with Crippen molar-refractivity contribution in [1.82, 2.24) is 0 Å². The minimum absolute atomic E-state index is 0.325. The van der Waals surface area contributed by atoms with Crippen LogP contribution in [0.4, 0.5) is 4.39 Å². The molecule has 11 heavy (non-hydrogen) atoms. The second-order valence-corrected chi connectivity index (χ2v) is 3.15. The van der Waals surface area contributed by atoms with Gasteiger partial charge in [0.05, 0.1) is 0 Å². The van der Waals surface area contributed by atoms with E-state index in [0.717, 1.165) is 17.3 Å². The average molecular weight is 168 g/mol. The molecule has 0 fully saturated rings. The first-order valence-electron chi connectivity index (χ1n) is 3.30. The summed E-state index contributed by atoms with van der Waals surface area (Å²) in [5.74, 6) is 0.663. The quantitative estimate of drug-likeness (QED) is 0.666. The summed E-state index contributed by atoms with van der Waals surface area (Å²) >= 11 is 1.12. The third kappa shape index (κ3) is 3.23. The summed E-state index contributed by atoms with van der Waals surface area (Å²) < 4.78 is 12.2. The zero-order chi connectivity index (χ0) is 8.10. The van der Waals surface area contributed by atoms with Crippen molar-refractivity contribution in [3.05, 3.63) is 47.6 Å². The van der Waals surface area contributed by atoms with Crippen molar-refractivity contribution < 1.29 is 4.39 Å². The van der Waals surface area contributed by atoms with E-state index in [4.69, 9.17) is 0 Å². The van der Waals surface area contributed by atoms with Gasteiger partial charge in [0.25, 0.3) is 0 Å². The van der Waals surface area contributed by atoms with Crippen LogP contribution in [-0.4, -0.2) is 0 Å². The van der Waals surface area contributed by atoms with Crippen molar-refractivity contribution in [3.63, 3.8) is 0 Å². The van der Waals surface area contributed by atoms with Gasteiger partial charge in [-0.05, 0) is 5.56 Å².